The van der Waals surface area contributed by atoms with Crippen molar-refractivity contribution in [3.8, 4) is 0 Å². The molecular formula is C16H16N2S. The molecule has 0 saturated carbocycles. The molecule has 2 aromatic heterocycles. The van der Waals surface area contributed by atoms with E-state index in [0.717, 1.165) is 0 Å². The van der Waals surface area contributed by atoms with E-state index >= 15 is 0 Å². The molecule has 4 rings (SSSR count). The van der Waals surface area contributed by atoms with Crippen LogP contribution in [0.25, 0.3) is 21.0 Å². The van der Waals surface area contributed by atoms with Gasteiger partial charge in [-0.2, -0.15) is 0 Å². The largest absolute Gasteiger partial charge is 0.370 e. The van der Waals surface area contributed by atoms with Crippen molar-refractivity contribution >= 4 is 38.0 Å². The molecule has 1 aromatic carbocycles. The van der Waals surface area contributed by atoms with Gasteiger partial charge in [-0.3, -0.25) is 0 Å². The number of anilines is 1. The van der Waals surface area contributed by atoms with Crippen LogP contribution in [0.3, 0.4) is 0 Å². The predicted molar refractivity (Wildman–Crippen MR) is 83.2 cm³/mol. The van der Waals surface area contributed by atoms with E-state index in [1.165, 1.54) is 59.0 Å². The topological polar surface area (TPSA) is 16.1 Å². The number of hydrogen-bond acceptors (Lipinski definition) is 3. The smallest absolute Gasteiger partial charge is 0.126 e. The van der Waals surface area contributed by atoms with Crippen LogP contribution in [0.2, 0.25) is 0 Å². The first kappa shape index (κ1) is 11.2. The molecule has 1 aliphatic heterocycles. The van der Waals surface area contributed by atoms with Gasteiger partial charge in [-0.15, -0.1) is 11.3 Å². The van der Waals surface area contributed by atoms with Crippen LogP contribution in [0.1, 0.15) is 19.3 Å². The van der Waals surface area contributed by atoms with E-state index in [2.05, 4.69) is 39.5 Å². The molecule has 0 aliphatic carbocycles. The van der Waals surface area contributed by atoms with Gasteiger partial charge in [0, 0.05) is 35.4 Å². The van der Waals surface area contributed by atoms with Crippen LogP contribution < -0.4 is 4.90 Å². The molecule has 0 amide bonds. The number of hydrogen-bond donors (Lipinski definition) is 0. The van der Waals surface area contributed by atoms with Crippen molar-refractivity contribution in [2.45, 2.75) is 19.3 Å². The Hall–Kier alpha value is -1.61. The number of benzene rings is 1. The van der Waals surface area contributed by atoms with Gasteiger partial charge in [0.15, 0.2) is 0 Å². The predicted octanol–water partition coefficient (Wildman–Crippen LogP) is 4.44. The second-order valence-corrected chi connectivity index (χ2v) is 6.05. The Morgan fingerprint density at radius 2 is 1.89 bits per heavy atom. The number of aromatic nitrogens is 1. The van der Waals surface area contributed by atoms with Crippen molar-refractivity contribution in [2.24, 2.45) is 0 Å². The molecule has 0 bridgehead atoms. The van der Waals surface area contributed by atoms with Gasteiger partial charge in [0.25, 0.3) is 0 Å². The monoisotopic (exact) mass is 268 g/mol. The average Bonchev–Trinajstić information content (AvgIpc) is 2.92. The van der Waals surface area contributed by atoms with Gasteiger partial charge in [-0.1, -0.05) is 24.3 Å². The van der Waals surface area contributed by atoms with E-state index in [1.54, 1.807) is 11.3 Å². The minimum absolute atomic E-state index is 1.17. The standard InChI is InChI=1S/C16H16N2S/c1-4-8-18(9-5-1)14-11-19-16-15(14)13-7-3-2-6-12(13)10-17-16/h2-3,6-7,10-11H,1,4-5,8-9H2. The van der Waals surface area contributed by atoms with Gasteiger partial charge < -0.3 is 4.90 Å². The summed E-state index contributed by atoms with van der Waals surface area (Å²) in [4.78, 5) is 8.32. The summed E-state index contributed by atoms with van der Waals surface area (Å²) in [6.45, 7) is 2.38. The maximum absolute atomic E-state index is 4.62. The van der Waals surface area contributed by atoms with E-state index in [-0.39, 0.29) is 0 Å². The number of fused-ring (bicyclic) bond motifs is 3. The molecule has 3 heteroatoms. The quantitative estimate of drug-likeness (QED) is 0.648. The Morgan fingerprint density at radius 3 is 2.79 bits per heavy atom. The Bertz CT molecular complexity index is 726. The van der Waals surface area contributed by atoms with Crippen molar-refractivity contribution in [3.05, 3.63) is 35.8 Å². The summed E-state index contributed by atoms with van der Waals surface area (Å²) in [5.41, 5.74) is 1.39. The van der Waals surface area contributed by atoms with Gasteiger partial charge in [-0.25, -0.2) is 4.98 Å². The van der Waals surface area contributed by atoms with Crippen molar-refractivity contribution in [1.82, 2.24) is 4.98 Å². The van der Waals surface area contributed by atoms with Gasteiger partial charge in [-0.05, 0) is 24.6 Å². The minimum atomic E-state index is 1.17. The molecule has 0 N–H and O–H groups in total. The highest BCUT2D eigenvalue weighted by Crippen LogP contribution is 2.37. The lowest BCUT2D eigenvalue weighted by Gasteiger charge is -2.28. The molecule has 0 unspecified atom stereocenters. The van der Waals surface area contributed by atoms with Crippen LogP contribution in [0.4, 0.5) is 5.69 Å². The zero-order valence-electron chi connectivity index (χ0n) is 10.8. The molecule has 0 spiro atoms. The highest BCUT2D eigenvalue weighted by Gasteiger charge is 2.17. The molecular weight excluding hydrogens is 252 g/mol. The van der Waals surface area contributed by atoms with Crippen LogP contribution in [-0.2, 0) is 0 Å². The fraction of sp³-hybridized carbons (Fsp3) is 0.312. The van der Waals surface area contributed by atoms with Gasteiger partial charge in [0.2, 0.25) is 0 Å². The fourth-order valence-corrected chi connectivity index (χ4v) is 3.96. The summed E-state index contributed by atoms with van der Waals surface area (Å²) in [7, 11) is 0. The maximum Gasteiger partial charge on any atom is 0.126 e. The van der Waals surface area contributed by atoms with Crippen molar-refractivity contribution in [3.63, 3.8) is 0 Å². The molecule has 1 saturated heterocycles. The van der Waals surface area contributed by atoms with Crippen molar-refractivity contribution < 1.29 is 0 Å². The Kier molecular flexibility index (Phi) is 2.66. The summed E-state index contributed by atoms with van der Waals surface area (Å²) >= 11 is 1.77. The minimum Gasteiger partial charge on any atom is -0.370 e. The summed E-state index contributed by atoms with van der Waals surface area (Å²) in [6.07, 6.45) is 6.00. The average molecular weight is 268 g/mol. The van der Waals surface area contributed by atoms with E-state index in [1.807, 2.05) is 6.20 Å². The molecule has 96 valence electrons. The molecule has 3 heterocycles. The lowest BCUT2D eigenvalue weighted by Crippen LogP contribution is -2.29. The van der Waals surface area contributed by atoms with E-state index in [0.29, 0.717) is 0 Å². The number of piperidine rings is 1. The number of pyridine rings is 1. The lowest BCUT2D eigenvalue weighted by molar-refractivity contribution is 0.579. The van der Waals surface area contributed by atoms with Crippen LogP contribution in [0, 0.1) is 0 Å². The fourth-order valence-electron chi connectivity index (χ4n) is 3.02. The third kappa shape index (κ3) is 1.80. The normalized spacial score (nSPS) is 16.3. The summed E-state index contributed by atoms with van der Waals surface area (Å²) in [5.74, 6) is 0. The number of thiophene rings is 1. The van der Waals surface area contributed by atoms with Gasteiger partial charge >= 0.3 is 0 Å². The molecule has 3 aromatic rings. The molecule has 19 heavy (non-hydrogen) atoms. The van der Waals surface area contributed by atoms with Crippen LogP contribution >= 0.6 is 11.3 Å². The van der Waals surface area contributed by atoms with Crippen molar-refractivity contribution in [1.29, 1.82) is 0 Å². The van der Waals surface area contributed by atoms with Gasteiger partial charge in [0.05, 0.1) is 5.69 Å². The Morgan fingerprint density at radius 1 is 1.05 bits per heavy atom. The summed E-state index contributed by atoms with van der Waals surface area (Å²) < 4.78 is 0. The number of rotatable bonds is 1. The van der Waals surface area contributed by atoms with Crippen LogP contribution in [0.5, 0.6) is 0 Å². The lowest BCUT2D eigenvalue weighted by atomic mass is 10.1. The van der Waals surface area contributed by atoms with Gasteiger partial charge in [0.1, 0.15) is 4.83 Å². The first-order valence-corrected chi connectivity index (χ1v) is 7.81. The maximum atomic E-state index is 4.62. The highest BCUT2D eigenvalue weighted by molar-refractivity contribution is 7.17. The summed E-state index contributed by atoms with van der Waals surface area (Å²) in [5, 5.41) is 6.22. The third-order valence-corrected chi connectivity index (χ3v) is 4.87. The first-order valence-electron chi connectivity index (χ1n) is 6.93. The van der Waals surface area contributed by atoms with E-state index < -0.39 is 0 Å². The zero-order chi connectivity index (χ0) is 12.7. The zero-order valence-corrected chi connectivity index (χ0v) is 11.6. The SMILES string of the molecule is c1ccc2c(c1)cnc1scc(N3CCCCC3)c12. The third-order valence-electron chi connectivity index (χ3n) is 4.00. The molecule has 0 atom stereocenters. The molecule has 1 aliphatic rings. The van der Waals surface area contributed by atoms with Crippen molar-refractivity contribution in [2.75, 3.05) is 18.0 Å². The Labute approximate surface area is 116 Å². The van der Waals surface area contributed by atoms with Crippen LogP contribution in [0.15, 0.2) is 35.8 Å². The molecule has 2 nitrogen and oxygen atoms in total. The Balaban J connectivity index is 1.97. The molecule has 1 fully saturated rings. The number of nitrogens with zero attached hydrogens (tertiary/aromatic N) is 2. The van der Waals surface area contributed by atoms with Crippen LogP contribution in [-0.4, -0.2) is 18.1 Å². The second-order valence-electron chi connectivity index (χ2n) is 5.19. The first-order chi connectivity index (χ1) is 9.43. The van der Waals surface area contributed by atoms with E-state index in [4.69, 9.17) is 0 Å². The second kappa shape index (κ2) is 4.49. The summed E-state index contributed by atoms with van der Waals surface area (Å²) in [6, 6.07) is 8.58. The molecule has 0 radical (unpaired) electrons. The highest BCUT2D eigenvalue weighted by atomic mass is 32.1. The van der Waals surface area contributed by atoms with E-state index in [9.17, 15) is 0 Å².